The first-order chi connectivity index (χ1) is 15.4. The molecule has 4 nitrogen and oxygen atoms in total. The number of hydrogen-bond acceptors (Lipinski definition) is 4. The minimum Gasteiger partial charge on any atom is -0.507 e. The highest BCUT2D eigenvalue weighted by molar-refractivity contribution is 6.15. The Morgan fingerprint density at radius 3 is 1.34 bits per heavy atom. The fourth-order valence-corrected chi connectivity index (χ4v) is 3.66. The van der Waals surface area contributed by atoms with E-state index in [4.69, 9.17) is 0 Å². The highest BCUT2D eigenvalue weighted by Gasteiger charge is 2.21. The molecule has 0 saturated heterocycles. The van der Waals surface area contributed by atoms with Crippen molar-refractivity contribution >= 4 is 11.6 Å². The minimum atomic E-state index is -0.395. The molecule has 166 valence electrons. The molecule has 0 saturated carbocycles. The maximum atomic E-state index is 13.0. The lowest BCUT2D eigenvalue weighted by molar-refractivity contribution is 0.103. The molecule has 3 aromatic carbocycles. The highest BCUT2D eigenvalue weighted by Crippen LogP contribution is 2.31. The van der Waals surface area contributed by atoms with Crippen molar-refractivity contribution in [2.45, 2.75) is 52.4 Å². The quantitative estimate of drug-likeness (QED) is 0.373. The van der Waals surface area contributed by atoms with Gasteiger partial charge in [0.1, 0.15) is 11.5 Å². The van der Waals surface area contributed by atoms with Gasteiger partial charge in [0, 0.05) is 17.2 Å². The average Bonchev–Trinajstić information content (AvgIpc) is 2.81. The van der Waals surface area contributed by atoms with Gasteiger partial charge in [-0.15, -0.1) is 0 Å². The third-order valence-electron chi connectivity index (χ3n) is 5.67. The molecule has 2 N–H and O–H groups in total. The van der Waals surface area contributed by atoms with E-state index in [0.717, 1.165) is 55.7 Å². The van der Waals surface area contributed by atoms with Gasteiger partial charge in [0.15, 0.2) is 11.6 Å². The second kappa shape index (κ2) is 10.8. The fraction of sp³-hybridized carbons (Fsp3) is 0.286. The second-order valence-corrected chi connectivity index (χ2v) is 8.15. The minimum absolute atomic E-state index is 0.00739. The molecule has 0 aliphatic rings. The third kappa shape index (κ3) is 5.44. The van der Waals surface area contributed by atoms with Gasteiger partial charge in [0.05, 0.1) is 11.1 Å². The van der Waals surface area contributed by atoms with E-state index in [1.54, 1.807) is 24.3 Å². The Kier molecular flexibility index (Phi) is 7.82. The molecule has 3 rings (SSSR count). The molecule has 0 aliphatic carbocycles. The second-order valence-electron chi connectivity index (χ2n) is 8.15. The lowest BCUT2D eigenvalue weighted by Crippen LogP contribution is -2.07. The summed E-state index contributed by atoms with van der Waals surface area (Å²) in [7, 11) is 0. The van der Waals surface area contributed by atoms with Crippen molar-refractivity contribution < 1.29 is 19.8 Å². The van der Waals surface area contributed by atoms with Gasteiger partial charge < -0.3 is 10.2 Å². The fourth-order valence-electron chi connectivity index (χ4n) is 3.66. The molecule has 0 aromatic heterocycles. The van der Waals surface area contributed by atoms with Crippen LogP contribution in [-0.4, -0.2) is 21.8 Å². The van der Waals surface area contributed by atoms with Gasteiger partial charge in [-0.05, 0) is 42.9 Å². The number of rotatable bonds is 10. The molecular weight excluding hydrogens is 400 g/mol. The summed E-state index contributed by atoms with van der Waals surface area (Å²) in [6.07, 6.45) is 6.26. The summed E-state index contributed by atoms with van der Waals surface area (Å²) < 4.78 is 0. The van der Waals surface area contributed by atoms with Crippen molar-refractivity contribution in [3.05, 3.63) is 94.0 Å². The predicted molar refractivity (Wildman–Crippen MR) is 127 cm³/mol. The summed E-state index contributed by atoms with van der Waals surface area (Å²) in [4.78, 5) is 26.0. The summed E-state index contributed by atoms with van der Waals surface area (Å²) >= 11 is 0. The first-order valence-electron chi connectivity index (χ1n) is 11.3. The Bertz CT molecular complexity index is 995. The van der Waals surface area contributed by atoms with Crippen LogP contribution in [0.15, 0.2) is 60.7 Å². The van der Waals surface area contributed by atoms with Gasteiger partial charge >= 0.3 is 0 Å². The molecule has 0 amide bonds. The summed E-state index contributed by atoms with van der Waals surface area (Å²) in [6.45, 7) is 4.26. The SMILES string of the molecule is CCCCc1ccc(C(=O)c2cc(C(=O)c3ccc(CCCC)cc3)c(O)cc2O)cc1. The molecule has 0 heterocycles. The number of phenolic OH excluding ortho intramolecular Hbond substituents is 2. The van der Waals surface area contributed by atoms with Crippen molar-refractivity contribution in [3.63, 3.8) is 0 Å². The predicted octanol–water partition coefficient (Wildman–Crippen LogP) is 6.25. The molecule has 0 radical (unpaired) electrons. The van der Waals surface area contributed by atoms with Crippen molar-refractivity contribution in [2.24, 2.45) is 0 Å². The van der Waals surface area contributed by atoms with E-state index in [0.29, 0.717) is 11.1 Å². The molecule has 0 aliphatic heterocycles. The first kappa shape index (κ1) is 23.3. The largest absolute Gasteiger partial charge is 0.507 e. The van der Waals surface area contributed by atoms with Crippen LogP contribution in [0.2, 0.25) is 0 Å². The lowest BCUT2D eigenvalue weighted by atomic mass is 9.94. The molecule has 32 heavy (non-hydrogen) atoms. The smallest absolute Gasteiger partial charge is 0.196 e. The van der Waals surface area contributed by atoms with Gasteiger partial charge in [-0.3, -0.25) is 9.59 Å². The van der Waals surface area contributed by atoms with Crippen molar-refractivity contribution in [2.75, 3.05) is 0 Å². The third-order valence-corrected chi connectivity index (χ3v) is 5.67. The van der Waals surface area contributed by atoms with Gasteiger partial charge in [-0.25, -0.2) is 0 Å². The number of benzene rings is 3. The zero-order valence-electron chi connectivity index (χ0n) is 18.7. The van der Waals surface area contributed by atoms with Crippen LogP contribution in [-0.2, 0) is 12.8 Å². The van der Waals surface area contributed by atoms with Crippen LogP contribution in [0.4, 0.5) is 0 Å². The number of carbonyl (C=O) groups is 2. The number of hydrogen-bond donors (Lipinski definition) is 2. The molecule has 0 atom stereocenters. The Balaban J connectivity index is 1.86. The number of carbonyl (C=O) groups excluding carboxylic acids is 2. The normalized spacial score (nSPS) is 10.8. The Labute approximate surface area is 189 Å². The Hall–Kier alpha value is -3.40. The van der Waals surface area contributed by atoms with Gasteiger partial charge in [-0.2, -0.15) is 0 Å². The monoisotopic (exact) mass is 430 g/mol. The van der Waals surface area contributed by atoms with E-state index in [1.165, 1.54) is 6.07 Å². The zero-order chi connectivity index (χ0) is 23.1. The van der Waals surface area contributed by atoms with Crippen LogP contribution in [0.3, 0.4) is 0 Å². The van der Waals surface area contributed by atoms with Crippen LogP contribution in [0.25, 0.3) is 0 Å². The van der Waals surface area contributed by atoms with Gasteiger partial charge in [-0.1, -0.05) is 75.2 Å². The molecule has 0 spiro atoms. The van der Waals surface area contributed by atoms with E-state index in [-0.39, 0.29) is 22.6 Å². The molecule has 4 heteroatoms. The number of ketones is 2. The maximum absolute atomic E-state index is 13.0. The van der Waals surface area contributed by atoms with Crippen LogP contribution < -0.4 is 0 Å². The zero-order valence-corrected chi connectivity index (χ0v) is 18.7. The topological polar surface area (TPSA) is 74.6 Å². The molecule has 3 aromatic rings. The summed E-state index contributed by atoms with van der Waals surface area (Å²) in [5, 5.41) is 20.6. The van der Waals surface area contributed by atoms with E-state index in [1.807, 2.05) is 24.3 Å². The lowest BCUT2D eigenvalue weighted by Gasteiger charge is -2.10. The number of unbranched alkanes of at least 4 members (excludes halogenated alkanes) is 2. The van der Waals surface area contributed by atoms with E-state index in [2.05, 4.69) is 13.8 Å². The summed E-state index contributed by atoms with van der Waals surface area (Å²) in [5.41, 5.74) is 3.13. The Morgan fingerprint density at radius 1 is 0.625 bits per heavy atom. The summed E-state index contributed by atoms with van der Waals surface area (Å²) in [5.74, 6) is -1.50. The average molecular weight is 431 g/mol. The van der Waals surface area contributed by atoms with Crippen molar-refractivity contribution in [1.82, 2.24) is 0 Å². The highest BCUT2D eigenvalue weighted by atomic mass is 16.3. The standard InChI is InChI=1S/C28H30O4/c1-3-5-7-19-9-13-21(14-10-19)27(31)23-17-24(26(30)18-25(23)29)28(32)22-15-11-20(12-16-22)8-6-4-2/h9-18,29-30H,3-8H2,1-2H3. The first-order valence-corrected chi connectivity index (χ1v) is 11.3. The van der Waals surface area contributed by atoms with E-state index < -0.39 is 11.6 Å². The number of phenols is 2. The maximum Gasteiger partial charge on any atom is 0.196 e. The number of aryl methyl sites for hydroxylation is 2. The van der Waals surface area contributed by atoms with E-state index in [9.17, 15) is 19.8 Å². The van der Waals surface area contributed by atoms with Gasteiger partial charge in [0.2, 0.25) is 0 Å². The van der Waals surface area contributed by atoms with Crippen molar-refractivity contribution in [3.8, 4) is 11.5 Å². The molecular formula is C28H30O4. The molecule has 0 bridgehead atoms. The van der Waals surface area contributed by atoms with Crippen LogP contribution in [0, 0.1) is 0 Å². The van der Waals surface area contributed by atoms with Crippen LogP contribution >= 0.6 is 0 Å². The number of aromatic hydroxyl groups is 2. The van der Waals surface area contributed by atoms with Crippen molar-refractivity contribution in [1.29, 1.82) is 0 Å². The molecule has 0 unspecified atom stereocenters. The van der Waals surface area contributed by atoms with E-state index >= 15 is 0 Å². The Morgan fingerprint density at radius 2 is 1.00 bits per heavy atom. The molecule has 0 fully saturated rings. The van der Waals surface area contributed by atoms with Gasteiger partial charge in [0.25, 0.3) is 0 Å². The van der Waals surface area contributed by atoms with Crippen LogP contribution in [0.5, 0.6) is 11.5 Å². The summed E-state index contributed by atoms with van der Waals surface area (Å²) in [6, 6.07) is 16.9. The van der Waals surface area contributed by atoms with Crippen LogP contribution in [0.1, 0.15) is 82.5 Å².